The van der Waals surface area contributed by atoms with Crippen LogP contribution >= 0.6 is 23.1 Å². The van der Waals surface area contributed by atoms with E-state index in [9.17, 15) is 0 Å². The maximum Gasteiger partial charge on any atom is 0.0562 e. The molecule has 0 bridgehead atoms. The van der Waals surface area contributed by atoms with E-state index in [0.717, 1.165) is 5.75 Å². The molecule has 18 heavy (non-hydrogen) atoms. The van der Waals surface area contributed by atoms with E-state index in [0.29, 0.717) is 0 Å². The second-order valence-corrected chi connectivity index (χ2v) is 6.54. The van der Waals surface area contributed by atoms with Crippen molar-refractivity contribution in [2.45, 2.75) is 24.8 Å². The zero-order chi connectivity index (χ0) is 13.0. The van der Waals surface area contributed by atoms with Gasteiger partial charge in [-0.3, -0.25) is 11.3 Å². The number of nitrogens with two attached hydrogens (primary N) is 1. The summed E-state index contributed by atoms with van der Waals surface area (Å²) in [6.45, 7) is 4.22. The number of thiophene rings is 1. The number of hydrogen-bond acceptors (Lipinski definition) is 4. The van der Waals surface area contributed by atoms with Gasteiger partial charge in [0, 0.05) is 15.5 Å². The van der Waals surface area contributed by atoms with Crippen LogP contribution in [0.1, 0.15) is 22.0 Å². The first kappa shape index (κ1) is 13.6. The van der Waals surface area contributed by atoms with Gasteiger partial charge in [-0.2, -0.15) is 0 Å². The molecule has 0 amide bonds. The average Bonchev–Trinajstić information content (AvgIpc) is 2.79. The second-order valence-electron chi connectivity index (χ2n) is 4.33. The normalized spacial score (nSPS) is 12.6. The van der Waals surface area contributed by atoms with Gasteiger partial charge in [0.15, 0.2) is 0 Å². The molecule has 2 rings (SSSR count). The van der Waals surface area contributed by atoms with Gasteiger partial charge in [0.05, 0.1) is 6.04 Å². The standard InChI is InChI=1S/C14H18N2S2/c1-10-3-5-13(6-4-10)18-9-14(16-15)12-7-11(2)17-8-12/h3-8,14,16H,9,15H2,1-2H3. The molecule has 0 aliphatic heterocycles. The SMILES string of the molecule is Cc1ccc(SCC(NN)c2csc(C)c2)cc1. The fraction of sp³-hybridized carbons (Fsp3) is 0.286. The Bertz CT molecular complexity index is 491. The van der Waals surface area contributed by atoms with E-state index in [1.54, 1.807) is 11.3 Å². The lowest BCUT2D eigenvalue weighted by molar-refractivity contribution is 0.612. The van der Waals surface area contributed by atoms with Gasteiger partial charge < -0.3 is 0 Å². The Kier molecular flexibility index (Phi) is 4.83. The molecule has 0 saturated heterocycles. The average molecular weight is 278 g/mol. The Morgan fingerprint density at radius 1 is 1.28 bits per heavy atom. The highest BCUT2D eigenvalue weighted by molar-refractivity contribution is 7.99. The quantitative estimate of drug-likeness (QED) is 0.498. The highest BCUT2D eigenvalue weighted by Crippen LogP contribution is 2.27. The zero-order valence-corrected chi connectivity index (χ0v) is 12.3. The zero-order valence-electron chi connectivity index (χ0n) is 10.6. The van der Waals surface area contributed by atoms with Gasteiger partial charge in [-0.05, 0) is 43.0 Å². The first-order valence-corrected chi connectivity index (χ1v) is 7.76. The van der Waals surface area contributed by atoms with Gasteiger partial charge in [-0.1, -0.05) is 17.7 Å². The van der Waals surface area contributed by atoms with Crippen LogP contribution in [-0.2, 0) is 0 Å². The Labute approximate surface area is 117 Å². The van der Waals surface area contributed by atoms with Gasteiger partial charge in [-0.25, -0.2) is 0 Å². The molecule has 2 nitrogen and oxygen atoms in total. The van der Waals surface area contributed by atoms with Gasteiger partial charge in [0.25, 0.3) is 0 Å². The summed E-state index contributed by atoms with van der Waals surface area (Å²) in [4.78, 5) is 2.61. The lowest BCUT2D eigenvalue weighted by atomic mass is 10.2. The molecule has 1 heterocycles. The third-order valence-corrected chi connectivity index (χ3v) is 4.78. The molecule has 96 valence electrons. The van der Waals surface area contributed by atoms with E-state index in [-0.39, 0.29) is 6.04 Å². The summed E-state index contributed by atoms with van der Waals surface area (Å²) in [6.07, 6.45) is 0. The van der Waals surface area contributed by atoms with Crippen LogP contribution in [0, 0.1) is 13.8 Å². The predicted octanol–water partition coefficient (Wildman–Crippen LogP) is 3.66. The summed E-state index contributed by atoms with van der Waals surface area (Å²) >= 11 is 3.59. The van der Waals surface area contributed by atoms with E-state index < -0.39 is 0 Å². The van der Waals surface area contributed by atoms with Crippen LogP contribution in [0.2, 0.25) is 0 Å². The molecule has 0 radical (unpaired) electrons. The summed E-state index contributed by atoms with van der Waals surface area (Å²) < 4.78 is 0. The smallest absolute Gasteiger partial charge is 0.0562 e. The van der Waals surface area contributed by atoms with Crippen LogP contribution in [0.3, 0.4) is 0 Å². The van der Waals surface area contributed by atoms with E-state index in [4.69, 9.17) is 5.84 Å². The monoisotopic (exact) mass is 278 g/mol. The van der Waals surface area contributed by atoms with Crippen molar-refractivity contribution in [1.29, 1.82) is 0 Å². The van der Waals surface area contributed by atoms with E-state index in [2.05, 4.69) is 55.0 Å². The largest absolute Gasteiger partial charge is 0.271 e. The van der Waals surface area contributed by atoms with Crippen LogP contribution in [0.5, 0.6) is 0 Å². The number of benzene rings is 1. The molecule has 1 aromatic heterocycles. The van der Waals surface area contributed by atoms with Crippen molar-refractivity contribution in [2.75, 3.05) is 5.75 Å². The molecule has 1 unspecified atom stereocenters. The highest BCUT2D eigenvalue weighted by Gasteiger charge is 2.11. The molecule has 0 saturated carbocycles. The van der Waals surface area contributed by atoms with Crippen molar-refractivity contribution < 1.29 is 0 Å². The summed E-state index contributed by atoms with van der Waals surface area (Å²) in [5.41, 5.74) is 5.47. The minimum Gasteiger partial charge on any atom is -0.271 e. The number of hydrogen-bond donors (Lipinski definition) is 2. The Morgan fingerprint density at radius 2 is 2.00 bits per heavy atom. The number of nitrogens with one attached hydrogen (secondary N) is 1. The minimum absolute atomic E-state index is 0.209. The fourth-order valence-corrected chi connectivity index (χ4v) is 3.44. The molecule has 0 aliphatic rings. The summed E-state index contributed by atoms with van der Waals surface area (Å²) in [5, 5.41) is 2.18. The van der Waals surface area contributed by atoms with Crippen molar-refractivity contribution in [3.63, 3.8) is 0 Å². The van der Waals surface area contributed by atoms with Crippen LogP contribution < -0.4 is 11.3 Å². The van der Waals surface area contributed by atoms with Crippen molar-refractivity contribution in [3.8, 4) is 0 Å². The summed E-state index contributed by atoms with van der Waals surface area (Å²) in [7, 11) is 0. The number of rotatable bonds is 5. The topological polar surface area (TPSA) is 38.0 Å². The van der Waals surface area contributed by atoms with Crippen LogP contribution in [0.25, 0.3) is 0 Å². The van der Waals surface area contributed by atoms with E-state index >= 15 is 0 Å². The predicted molar refractivity (Wildman–Crippen MR) is 81.0 cm³/mol. The number of thioether (sulfide) groups is 1. The number of hydrazine groups is 1. The maximum absolute atomic E-state index is 5.64. The maximum atomic E-state index is 5.64. The molecule has 1 atom stereocenters. The first-order valence-electron chi connectivity index (χ1n) is 5.89. The van der Waals surface area contributed by atoms with Crippen molar-refractivity contribution in [1.82, 2.24) is 5.43 Å². The molecule has 0 spiro atoms. The minimum atomic E-state index is 0.209. The second kappa shape index (κ2) is 6.38. The summed E-state index contributed by atoms with van der Waals surface area (Å²) in [6, 6.07) is 11.0. The van der Waals surface area contributed by atoms with Gasteiger partial charge in [0.2, 0.25) is 0 Å². The van der Waals surface area contributed by atoms with E-state index in [1.807, 2.05) is 11.8 Å². The molecule has 2 aromatic rings. The molecular weight excluding hydrogens is 260 g/mol. The first-order chi connectivity index (χ1) is 8.69. The Morgan fingerprint density at radius 3 is 2.56 bits per heavy atom. The van der Waals surface area contributed by atoms with Crippen molar-refractivity contribution in [2.24, 2.45) is 5.84 Å². The molecule has 3 N–H and O–H groups in total. The molecule has 0 aliphatic carbocycles. The third kappa shape index (κ3) is 3.59. The molecule has 4 heteroatoms. The Hall–Kier alpha value is -0.810. The van der Waals surface area contributed by atoms with Crippen LogP contribution in [0.15, 0.2) is 40.6 Å². The van der Waals surface area contributed by atoms with Crippen LogP contribution in [0.4, 0.5) is 0 Å². The highest BCUT2D eigenvalue weighted by atomic mass is 32.2. The number of aryl methyl sites for hydroxylation is 2. The van der Waals surface area contributed by atoms with Gasteiger partial charge in [0.1, 0.15) is 0 Å². The third-order valence-electron chi connectivity index (χ3n) is 2.79. The lowest BCUT2D eigenvalue weighted by Crippen LogP contribution is -2.29. The Balaban J connectivity index is 1.97. The summed E-state index contributed by atoms with van der Waals surface area (Å²) in [5.74, 6) is 6.58. The van der Waals surface area contributed by atoms with Gasteiger partial charge in [-0.15, -0.1) is 23.1 Å². The van der Waals surface area contributed by atoms with E-state index in [1.165, 1.54) is 20.9 Å². The molecule has 0 fully saturated rings. The molecule has 1 aromatic carbocycles. The van der Waals surface area contributed by atoms with Crippen LogP contribution in [-0.4, -0.2) is 5.75 Å². The van der Waals surface area contributed by atoms with Crippen molar-refractivity contribution >= 4 is 23.1 Å². The van der Waals surface area contributed by atoms with Gasteiger partial charge >= 0.3 is 0 Å². The lowest BCUT2D eigenvalue weighted by Gasteiger charge is -2.14. The molecular formula is C14H18N2S2. The fourth-order valence-electron chi connectivity index (χ4n) is 1.70. The van der Waals surface area contributed by atoms with Crippen molar-refractivity contribution in [3.05, 3.63) is 51.7 Å².